The van der Waals surface area contributed by atoms with Crippen LogP contribution in [0.25, 0.3) is 0 Å². The number of ether oxygens (including phenoxy) is 1. The predicted octanol–water partition coefficient (Wildman–Crippen LogP) is 1.83. The molecule has 0 spiro atoms. The number of rotatable bonds is 5. The Kier molecular flexibility index (Phi) is 4.46. The lowest BCUT2D eigenvalue weighted by atomic mass is 10.2. The molecule has 5 nitrogen and oxygen atoms in total. The smallest absolute Gasteiger partial charge is 0.252 e. The second kappa shape index (κ2) is 6.29. The highest BCUT2D eigenvalue weighted by atomic mass is 32.1. The first-order chi connectivity index (χ1) is 9.20. The molecular weight excluding hydrogens is 262 g/mol. The number of hydrogen-bond acceptors (Lipinski definition) is 5. The van der Waals surface area contributed by atoms with Crippen molar-refractivity contribution < 1.29 is 9.53 Å². The molecule has 19 heavy (non-hydrogen) atoms. The summed E-state index contributed by atoms with van der Waals surface area (Å²) in [7, 11) is 1.54. The summed E-state index contributed by atoms with van der Waals surface area (Å²) in [6, 6.07) is 3.36. The van der Waals surface area contributed by atoms with Crippen molar-refractivity contribution in [3.63, 3.8) is 0 Å². The molecule has 0 saturated carbocycles. The molecule has 0 aliphatic rings. The van der Waals surface area contributed by atoms with Gasteiger partial charge in [-0.1, -0.05) is 0 Å². The van der Waals surface area contributed by atoms with Crippen molar-refractivity contribution in [2.24, 2.45) is 0 Å². The lowest BCUT2D eigenvalue weighted by Crippen LogP contribution is -2.25. The second-order valence-corrected chi connectivity index (χ2v) is 4.90. The van der Waals surface area contributed by atoms with Gasteiger partial charge in [-0.2, -0.15) is 0 Å². The number of carbonyl (C=O) groups excluding carboxylic acids is 1. The molecule has 0 aliphatic heterocycles. The van der Waals surface area contributed by atoms with Crippen LogP contribution >= 0.6 is 11.3 Å². The van der Waals surface area contributed by atoms with Crippen LogP contribution < -0.4 is 10.1 Å². The van der Waals surface area contributed by atoms with E-state index in [1.807, 2.05) is 12.4 Å². The van der Waals surface area contributed by atoms with E-state index in [9.17, 15) is 4.79 Å². The van der Waals surface area contributed by atoms with Gasteiger partial charge in [0.2, 0.25) is 5.88 Å². The van der Waals surface area contributed by atoms with E-state index in [-0.39, 0.29) is 5.91 Å². The highest BCUT2D eigenvalue weighted by Crippen LogP contribution is 2.12. The van der Waals surface area contributed by atoms with Crippen molar-refractivity contribution >= 4 is 17.2 Å². The monoisotopic (exact) mass is 277 g/mol. The number of carbonyl (C=O) groups is 1. The van der Waals surface area contributed by atoms with E-state index in [4.69, 9.17) is 4.74 Å². The third kappa shape index (κ3) is 3.51. The van der Waals surface area contributed by atoms with E-state index < -0.39 is 0 Å². The standard InChI is InChI=1S/C13H15N3O2S/c1-9-11(19-8-16-9)5-6-14-13(17)10-3-4-12(18-2)15-7-10/h3-4,7-8H,5-6H2,1-2H3,(H,14,17). The quantitative estimate of drug-likeness (QED) is 0.905. The molecule has 100 valence electrons. The molecule has 1 N–H and O–H groups in total. The number of nitrogens with one attached hydrogen (secondary N) is 1. The Balaban J connectivity index is 1.85. The number of aromatic nitrogens is 2. The first kappa shape index (κ1) is 13.5. The lowest BCUT2D eigenvalue weighted by molar-refractivity contribution is 0.0953. The van der Waals surface area contributed by atoms with Crippen molar-refractivity contribution in [2.75, 3.05) is 13.7 Å². The Bertz CT molecular complexity index is 551. The van der Waals surface area contributed by atoms with Crippen molar-refractivity contribution in [3.8, 4) is 5.88 Å². The lowest BCUT2D eigenvalue weighted by Gasteiger charge is -2.05. The molecule has 0 aliphatic carbocycles. The number of nitrogens with zero attached hydrogens (tertiary/aromatic N) is 2. The van der Waals surface area contributed by atoms with Crippen LogP contribution in [0.4, 0.5) is 0 Å². The fraction of sp³-hybridized carbons (Fsp3) is 0.308. The zero-order chi connectivity index (χ0) is 13.7. The summed E-state index contributed by atoms with van der Waals surface area (Å²) >= 11 is 1.61. The molecule has 6 heteroatoms. The summed E-state index contributed by atoms with van der Waals surface area (Å²) in [6.45, 7) is 2.56. The summed E-state index contributed by atoms with van der Waals surface area (Å²) in [5.74, 6) is 0.370. The Labute approximate surface area is 115 Å². The van der Waals surface area contributed by atoms with E-state index in [1.165, 1.54) is 11.1 Å². The maximum absolute atomic E-state index is 11.9. The van der Waals surface area contributed by atoms with Crippen LogP contribution in [0.2, 0.25) is 0 Å². The third-order valence-corrected chi connectivity index (χ3v) is 3.69. The largest absolute Gasteiger partial charge is 0.481 e. The van der Waals surface area contributed by atoms with Gasteiger partial charge < -0.3 is 10.1 Å². The predicted molar refractivity (Wildman–Crippen MR) is 73.7 cm³/mol. The number of hydrogen-bond donors (Lipinski definition) is 1. The van der Waals surface area contributed by atoms with Crippen LogP contribution in [0.15, 0.2) is 23.8 Å². The molecule has 0 unspecified atom stereocenters. The van der Waals surface area contributed by atoms with Gasteiger partial charge >= 0.3 is 0 Å². The normalized spacial score (nSPS) is 10.2. The molecule has 2 aromatic heterocycles. The maximum atomic E-state index is 11.9. The number of aryl methyl sites for hydroxylation is 1. The van der Waals surface area contributed by atoms with Gasteiger partial charge in [0.05, 0.1) is 23.9 Å². The summed E-state index contributed by atoms with van der Waals surface area (Å²) in [5, 5.41) is 2.86. The summed E-state index contributed by atoms with van der Waals surface area (Å²) < 4.78 is 4.94. The van der Waals surface area contributed by atoms with Crippen LogP contribution in [0, 0.1) is 6.92 Å². The Morgan fingerprint density at radius 3 is 2.84 bits per heavy atom. The van der Waals surface area contributed by atoms with Crippen LogP contribution in [-0.4, -0.2) is 29.5 Å². The molecule has 0 saturated heterocycles. The summed E-state index contributed by atoms with van der Waals surface area (Å²) in [5.41, 5.74) is 3.38. The van der Waals surface area contributed by atoms with Crippen LogP contribution in [0.5, 0.6) is 5.88 Å². The first-order valence-electron chi connectivity index (χ1n) is 5.88. The SMILES string of the molecule is COc1ccc(C(=O)NCCc2scnc2C)cn1. The zero-order valence-corrected chi connectivity index (χ0v) is 11.7. The minimum Gasteiger partial charge on any atom is -0.481 e. The van der Waals surface area contributed by atoms with Gasteiger partial charge in [-0.15, -0.1) is 11.3 Å². The molecule has 2 heterocycles. The van der Waals surface area contributed by atoms with Gasteiger partial charge in [0.25, 0.3) is 5.91 Å². The molecule has 0 radical (unpaired) electrons. The Hall–Kier alpha value is -1.95. The highest BCUT2D eigenvalue weighted by Gasteiger charge is 2.07. The van der Waals surface area contributed by atoms with Crippen molar-refractivity contribution in [3.05, 3.63) is 40.0 Å². The van der Waals surface area contributed by atoms with E-state index in [2.05, 4.69) is 15.3 Å². The Morgan fingerprint density at radius 2 is 2.26 bits per heavy atom. The number of amides is 1. The van der Waals surface area contributed by atoms with Gasteiger partial charge in [-0.05, 0) is 13.0 Å². The van der Waals surface area contributed by atoms with Crippen molar-refractivity contribution in [1.29, 1.82) is 0 Å². The van der Waals surface area contributed by atoms with Gasteiger partial charge in [0.1, 0.15) is 0 Å². The van der Waals surface area contributed by atoms with E-state index in [1.54, 1.807) is 30.6 Å². The molecule has 2 aromatic rings. The molecular formula is C13H15N3O2S. The van der Waals surface area contributed by atoms with Crippen LogP contribution in [-0.2, 0) is 6.42 Å². The summed E-state index contributed by atoms with van der Waals surface area (Å²) in [4.78, 5) is 21.2. The average molecular weight is 277 g/mol. The molecule has 2 rings (SSSR count). The molecule has 1 amide bonds. The van der Waals surface area contributed by atoms with E-state index >= 15 is 0 Å². The molecule has 0 fully saturated rings. The minimum atomic E-state index is -0.127. The van der Waals surface area contributed by atoms with Crippen LogP contribution in [0.3, 0.4) is 0 Å². The highest BCUT2D eigenvalue weighted by molar-refractivity contribution is 7.09. The summed E-state index contributed by atoms with van der Waals surface area (Å²) in [6.07, 6.45) is 2.30. The van der Waals surface area contributed by atoms with Gasteiger partial charge in [-0.25, -0.2) is 9.97 Å². The average Bonchev–Trinajstić information content (AvgIpc) is 2.84. The van der Waals surface area contributed by atoms with E-state index in [0.717, 1.165) is 12.1 Å². The fourth-order valence-electron chi connectivity index (χ4n) is 1.59. The van der Waals surface area contributed by atoms with Gasteiger partial charge in [-0.3, -0.25) is 4.79 Å². The molecule has 0 atom stereocenters. The maximum Gasteiger partial charge on any atom is 0.252 e. The van der Waals surface area contributed by atoms with E-state index in [0.29, 0.717) is 18.0 Å². The fourth-order valence-corrected chi connectivity index (χ4v) is 2.37. The first-order valence-corrected chi connectivity index (χ1v) is 6.76. The van der Waals surface area contributed by atoms with Gasteiger partial charge in [0.15, 0.2) is 0 Å². The second-order valence-electron chi connectivity index (χ2n) is 3.96. The van der Waals surface area contributed by atoms with Crippen molar-refractivity contribution in [1.82, 2.24) is 15.3 Å². The Morgan fingerprint density at radius 1 is 1.42 bits per heavy atom. The van der Waals surface area contributed by atoms with Crippen molar-refractivity contribution in [2.45, 2.75) is 13.3 Å². The number of methoxy groups -OCH3 is 1. The van der Waals surface area contributed by atoms with Gasteiger partial charge in [0, 0.05) is 30.1 Å². The third-order valence-electron chi connectivity index (χ3n) is 2.69. The minimum absolute atomic E-state index is 0.127. The molecule has 0 bridgehead atoms. The zero-order valence-electron chi connectivity index (χ0n) is 10.8. The number of pyridine rings is 1. The van der Waals surface area contributed by atoms with Crippen LogP contribution in [0.1, 0.15) is 20.9 Å². The molecule has 0 aromatic carbocycles. The number of thiazole rings is 1. The topological polar surface area (TPSA) is 64.1 Å².